The third-order valence-electron chi connectivity index (χ3n) is 3.53. The summed E-state index contributed by atoms with van der Waals surface area (Å²) in [5.74, 6) is 0.0263. The summed E-state index contributed by atoms with van der Waals surface area (Å²) < 4.78 is 12.2. The van der Waals surface area contributed by atoms with Crippen LogP contribution >= 0.6 is 0 Å². The van der Waals surface area contributed by atoms with Crippen molar-refractivity contribution in [2.75, 3.05) is 0 Å². The Balaban J connectivity index is 1.48. The van der Waals surface area contributed by atoms with Gasteiger partial charge in [0.1, 0.15) is 6.33 Å². The smallest absolute Gasteiger partial charge is 0.340 e. The van der Waals surface area contributed by atoms with E-state index in [4.69, 9.17) is 9.15 Å². The van der Waals surface area contributed by atoms with Crippen LogP contribution in [0.4, 0.5) is 0 Å². The number of tetrazole rings is 1. The minimum absolute atomic E-state index is 0.136. The maximum absolute atomic E-state index is 12.4. The van der Waals surface area contributed by atoms with E-state index in [2.05, 4.69) is 25.7 Å². The number of nitrogens with zero attached hydrogens (tertiary/aromatic N) is 6. The third kappa shape index (κ3) is 3.18. The van der Waals surface area contributed by atoms with Gasteiger partial charge in [-0.2, -0.15) is 4.68 Å². The van der Waals surface area contributed by atoms with Gasteiger partial charge in [-0.05, 0) is 34.7 Å². The number of hydrogen-bond donors (Lipinski definition) is 0. The van der Waals surface area contributed by atoms with Gasteiger partial charge in [-0.25, -0.2) is 4.79 Å². The summed E-state index contributed by atoms with van der Waals surface area (Å²) >= 11 is 0. The minimum Gasteiger partial charge on any atom is -0.452 e. The number of hydrogen-bond acceptors (Lipinski definition) is 8. The van der Waals surface area contributed by atoms with E-state index in [1.165, 1.54) is 11.0 Å². The lowest BCUT2D eigenvalue weighted by atomic mass is 10.2. The van der Waals surface area contributed by atoms with Gasteiger partial charge in [0.15, 0.2) is 6.61 Å². The number of ether oxygens (including phenoxy) is 1. The van der Waals surface area contributed by atoms with E-state index in [0.29, 0.717) is 17.1 Å². The normalized spacial score (nSPS) is 10.6. The second-order valence-corrected chi connectivity index (χ2v) is 5.21. The van der Waals surface area contributed by atoms with E-state index in [0.717, 1.165) is 5.56 Å². The van der Waals surface area contributed by atoms with Crippen molar-refractivity contribution in [1.29, 1.82) is 0 Å². The van der Waals surface area contributed by atoms with Crippen molar-refractivity contribution in [2.24, 2.45) is 0 Å². The van der Waals surface area contributed by atoms with Crippen molar-refractivity contribution >= 4 is 5.97 Å². The molecule has 9 heteroatoms. The van der Waals surface area contributed by atoms with Crippen molar-refractivity contribution < 1.29 is 13.9 Å². The number of para-hydroxylation sites is 1. The van der Waals surface area contributed by atoms with E-state index in [9.17, 15) is 4.79 Å². The molecule has 4 aromatic rings. The van der Waals surface area contributed by atoms with Gasteiger partial charge in [0.2, 0.25) is 5.89 Å². The fourth-order valence-electron chi connectivity index (χ4n) is 2.33. The number of carbonyl (C=O) groups is 1. The summed E-state index contributed by atoms with van der Waals surface area (Å²) in [4.78, 5) is 12.4. The van der Waals surface area contributed by atoms with Crippen LogP contribution in [0.15, 0.2) is 65.3 Å². The molecular weight excluding hydrogens is 336 g/mol. The molecule has 0 aliphatic carbocycles. The predicted molar refractivity (Wildman–Crippen MR) is 88.0 cm³/mol. The lowest BCUT2D eigenvalue weighted by Crippen LogP contribution is -2.10. The Morgan fingerprint density at radius 3 is 2.65 bits per heavy atom. The quantitative estimate of drug-likeness (QED) is 0.504. The molecule has 128 valence electrons. The molecular formula is C17H12N6O3. The summed E-state index contributed by atoms with van der Waals surface area (Å²) in [6.45, 7) is -0.136. The summed E-state index contributed by atoms with van der Waals surface area (Å²) in [6, 6.07) is 16.2. The first kappa shape index (κ1) is 15.6. The van der Waals surface area contributed by atoms with Crippen LogP contribution in [0.5, 0.6) is 0 Å². The minimum atomic E-state index is -0.546. The zero-order chi connectivity index (χ0) is 17.8. The fraction of sp³-hybridized carbons (Fsp3) is 0.0588. The maximum Gasteiger partial charge on any atom is 0.340 e. The SMILES string of the molecule is O=C(OCc1nnc(-c2ccccc2)o1)c1ccccc1-n1cnnn1. The molecule has 0 saturated carbocycles. The second-order valence-electron chi connectivity index (χ2n) is 5.21. The Bertz CT molecular complexity index is 1010. The lowest BCUT2D eigenvalue weighted by Gasteiger charge is -2.07. The predicted octanol–water partition coefficient (Wildman–Crippen LogP) is 2.07. The highest BCUT2D eigenvalue weighted by molar-refractivity contribution is 5.93. The van der Waals surface area contributed by atoms with Crippen LogP contribution in [0.1, 0.15) is 16.2 Å². The van der Waals surface area contributed by atoms with Crippen LogP contribution in [-0.4, -0.2) is 36.4 Å². The Morgan fingerprint density at radius 2 is 1.85 bits per heavy atom. The van der Waals surface area contributed by atoms with Gasteiger partial charge in [0.05, 0.1) is 11.3 Å². The molecule has 0 aliphatic heterocycles. The number of aromatic nitrogens is 6. The molecule has 0 radical (unpaired) electrons. The first-order valence-corrected chi connectivity index (χ1v) is 7.68. The molecule has 0 unspecified atom stereocenters. The van der Waals surface area contributed by atoms with Crippen molar-refractivity contribution in [3.63, 3.8) is 0 Å². The largest absolute Gasteiger partial charge is 0.452 e. The molecule has 2 aromatic carbocycles. The van der Waals surface area contributed by atoms with Crippen LogP contribution in [0.3, 0.4) is 0 Å². The molecule has 0 atom stereocenters. The number of rotatable bonds is 5. The molecule has 0 bridgehead atoms. The zero-order valence-corrected chi connectivity index (χ0v) is 13.4. The van der Waals surface area contributed by atoms with Crippen LogP contribution in [0.25, 0.3) is 17.1 Å². The van der Waals surface area contributed by atoms with Gasteiger partial charge in [0, 0.05) is 5.56 Å². The molecule has 2 heterocycles. The third-order valence-corrected chi connectivity index (χ3v) is 3.53. The first-order valence-electron chi connectivity index (χ1n) is 7.68. The highest BCUT2D eigenvalue weighted by Crippen LogP contribution is 2.18. The average Bonchev–Trinajstić information content (AvgIpc) is 3.39. The second kappa shape index (κ2) is 6.93. The van der Waals surface area contributed by atoms with Crippen molar-refractivity contribution in [3.05, 3.63) is 72.4 Å². The standard InChI is InChI=1S/C17H12N6O3/c24-17(13-8-4-5-9-14(13)23-11-18-21-22-23)25-10-15-19-20-16(26-15)12-6-2-1-3-7-12/h1-9,11H,10H2. The average molecular weight is 348 g/mol. The molecule has 0 fully saturated rings. The van der Waals surface area contributed by atoms with Crippen LogP contribution < -0.4 is 0 Å². The van der Waals surface area contributed by atoms with E-state index in [-0.39, 0.29) is 12.5 Å². The van der Waals surface area contributed by atoms with Crippen molar-refractivity contribution in [2.45, 2.75) is 6.61 Å². The highest BCUT2D eigenvalue weighted by atomic mass is 16.5. The monoisotopic (exact) mass is 348 g/mol. The van der Waals surface area contributed by atoms with Gasteiger partial charge in [0.25, 0.3) is 5.89 Å². The topological polar surface area (TPSA) is 109 Å². The summed E-state index contributed by atoms with van der Waals surface area (Å²) in [5, 5.41) is 18.8. The van der Waals surface area contributed by atoms with Crippen LogP contribution in [0, 0.1) is 0 Å². The lowest BCUT2D eigenvalue weighted by molar-refractivity contribution is 0.0438. The highest BCUT2D eigenvalue weighted by Gasteiger charge is 2.16. The van der Waals surface area contributed by atoms with Crippen LogP contribution in [-0.2, 0) is 11.3 Å². The Morgan fingerprint density at radius 1 is 1.04 bits per heavy atom. The van der Waals surface area contributed by atoms with E-state index in [1.54, 1.807) is 24.3 Å². The number of esters is 1. The number of benzene rings is 2. The van der Waals surface area contributed by atoms with Gasteiger partial charge in [-0.1, -0.05) is 30.3 Å². The van der Waals surface area contributed by atoms with Gasteiger partial charge >= 0.3 is 5.97 Å². The molecule has 26 heavy (non-hydrogen) atoms. The van der Waals surface area contributed by atoms with E-state index in [1.807, 2.05) is 30.3 Å². The van der Waals surface area contributed by atoms with Gasteiger partial charge in [-0.15, -0.1) is 15.3 Å². The summed E-state index contributed by atoms with van der Waals surface area (Å²) in [6.07, 6.45) is 1.40. The fourth-order valence-corrected chi connectivity index (χ4v) is 2.33. The summed E-state index contributed by atoms with van der Waals surface area (Å²) in [7, 11) is 0. The Kier molecular flexibility index (Phi) is 4.17. The Hall–Kier alpha value is -3.88. The molecule has 2 aromatic heterocycles. The van der Waals surface area contributed by atoms with Gasteiger partial charge < -0.3 is 9.15 Å². The molecule has 4 rings (SSSR count). The van der Waals surface area contributed by atoms with Crippen LogP contribution in [0.2, 0.25) is 0 Å². The molecule has 0 aliphatic rings. The van der Waals surface area contributed by atoms with Crippen molar-refractivity contribution in [1.82, 2.24) is 30.4 Å². The summed E-state index contributed by atoms with van der Waals surface area (Å²) in [5.41, 5.74) is 1.63. The number of carbonyl (C=O) groups excluding carboxylic acids is 1. The zero-order valence-electron chi connectivity index (χ0n) is 13.4. The molecule has 0 spiro atoms. The maximum atomic E-state index is 12.4. The van der Waals surface area contributed by atoms with Crippen molar-refractivity contribution in [3.8, 4) is 17.1 Å². The first-order chi connectivity index (χ1) is 12.8. The molecule has 0 N–H and O–H groups in total. The Labute approximate surface area is 147 Å². The molecule has 0 amide bonds. The van der Waals surface area contributed by atoms with E-state index >= 15 is 0 Å². The molecule has 0 saturated heterocycles. The van der Waals surface area contributed by atoms with Gasteiger partial charge in [-0.3, -0.25) is 0 Å². The van der Waals surface area contributed by atoms with E-state index < -0.39 is 5.97 Å². The molecule has 9 nitrogen and oxygen atoms in total.